The summed E-state index contributed by atoms with van der Waals surface area (Å²) in [6.45, 7) is 17.1. The highest BCUT2D eigenvalue weighted by Crippen LogP contribution is 2.40. The molecule has 0 radical (unpaired) electrons. The first-order valence-electron chi connectivity index (χ1n) is 10.6. The summed E-state index contributed by atoms with van der Waals surface area (Å²) in [5.41, 5.74) is 3.09. The highest BCUT2D eigenvalue weighted by molar-refractivity contribution is 8.03. The second-order valence-corrected chi connectivity index (χ2v) is 8.84. The van der Waals surface area contributed by atoms with Crippen LogP contribution in [0.15, 0.2) is 118 Å². The summed E-state index contributed by atoms with van der Waals surface area (Å²) in [6.07, 6.45) is 10.3. The minimum absolute atomic E-state index is 0.000864. The third-order valence-corrected chi connectivity index (χ3v) is 6.61. The van der Waals surface area contributed by atoms with Crippen LogP contribution in [0.2, 0.25) is 0 Å². The van der Waals surface area contributed by atoms with Gasteiger partial charge in [-0.2, -0.15) is 0 Å². The number of hydrogen-bond donors (Lipinski definition) is 2. The molecule has 34 heavy (non-hydrogen) atoms. The lowest BCUT2D eigenvalue weighted by atomic mass is 10.3. The van der Waals surface area contributed by atoms with Crippen LogP contribution in [0.5, 0.6) is 0 Å². The zero-order valence-electron chi connectivity index (χ0n) is 19.5. The molecule has 2 aliphatic heterocycles. The van der Waals surface area contributed by atoms with Gasteiger partial charge in [0.1, 0.15) is 12.0 Å². The summed E-state index contributed by atoms with van der Waals surface area (Å²) in [5, 5.41) is 17.1. The molecular weight excluding hydrogens is 464 g/mol. The van der Waals surface area contributed by atoms with Gasteiger partial charge in [-0.25, -0.2) is 4.98 Å². The quantitative estimate of drug-likeness (QED) is 0.247. The van der Waals surface area contributed by atoms with E-state index < -0.39 is 4.92 Å². The molecule has 0 bridgehead atoms. The molecule has 6 nitrogen and oxygen atoms in total. The third-order valence-electron chi connectivity index (χ3n) is 4.37. The molecule has 0 spiro atoms. The maximum atomic E-state index is 10.7. The SMILES string of the molecule is C=C/C=C\C1=C(C)Sc2cc([N+](=O)[O-])cnc2N1.C=CC1=C(C=C)Sc2ccccc2N1.CC. The van der Waals surface area contributed by atoms with Gasteiger partial charge in [0.25, 0.3) is 5.69 Å². The molecule has 0 amide bonds. The Morgan fingerprint density at radius 2 is 1.76 bits per heavy atom. The van der Waals surface area contributed by atoms with Gasteiger partial charge in [0.2, 0.25) is 0 Å². The maximum Gasteiger partial charge on any atom is 0.288 e. The van der Waals surface area contributed by atoms with Crippen LogP contribution in [-0.4, -0.2) is 9.91 Å². The molecule has 0 saturated heterocycles. The van der Waals surface area contributed by atoms with Crippen molar-refractivity contribution >= 4 is 40.7 Å². The Hall–Kier alpha value is -3.49. The summed E-state index contributed by atoms with van der Waals surface area (Å²) >= 11 is 3.18. The zero-order chi connectivity index (χ0) is 25.1. The lowest BCUT2D eigenvalue weighted by Crippen LogP contribution is -2.07. The Morgan fingerprint density at radius 3 is 2.41 bits per heavy atom. The molecule has 0 fully saturated rings. The van der Waals surface area contributed by atoms with Crippen LogP contribution in [0.1, 0.15) is 20.8 Å². The molecule has 176 valence electrons. The van der Waals surface area contributed by atoms with Crippen molar-refractivity contribution in [1.82, 2.24) is 4.98 Å². The van der Waals surface area contributed by atoms with Gasteiger partial charge in [-0.05, 0) is 31.2 Å². The van der Waals surface area contributed by atoms with Crippen molar-refractivity contribution in [3.05, 3.63) is 118 Å². The average molecular weight is 493 g/mol. The van der Waals surface area contributed by atoms with Crippen molar-refractivity contribution in [2.45, 2.75) is 30.6 Å². The number of hydrogen-bond acceptors (Lipinski definition) is 7. The van der Waals surface area contributed by atoms with Crippen LogP contribution in [0.3, 0.4) is 0 Å². The summed E-state index contributed by atoms with van der Waals surface area (Å²) in [5.74, 6) is 0.639. The standard InChI is InChI=1S/C12H11N3O2S.C12H11NS.C2H6/c1-3-4-5-10-8(2)18-11-6-9(15(16)17)7-13-12(11)14-10;1-3-9-11(4-2)14-12-8-6-5-7-10(12)13-9;1-2/h3-7H,1H2,2H3,(H,13,14);3-8,13H,1-2H2;1-2H3/b5-4-;;. The third kappa shape index (κ3) is 6.76. The van der Waals surface area contributed by atoms with E-state index in [2.05, 4.69) is 47.5 Å². The Balaban J connectivity index is 0.000000230. The van der Waals surface area contributed by atoms with Crippen LogP contribution in [0, 0.1) is 10.1 Å². The van der Waals surface area contributed by atoms with Crippen LogP contribution in [-0.2, 0) is 0 Å². The molecule has 3 heterocycles. The highest BCUT2D eigenvalue weighted by atomic mass is 32.2. The number of fused-ring (bicyclic) bond motifs is 2. The number of anilines is 2. The monoisotopic (exact) mass is 492 g/mol. The van der Waals surface area contributed by atoms with Crippen molar-refractivity contribution in [2.24, 2.45) is 0 Å². The maximum absolute atomic E-state index is 10.7. The largest absolute Gasteiger partial charge is 0.354 e. The predicted molar refractivity (Wildman–Crippen MR) is 147 cm³/mol. The number of rotatable bonds is 5. The van der Waals surface area contributed by atoms with Gasteiger partial charge in [-0.15, -0.1) is 0 Å². The first-order valence-corrected chi connectivity index (χ1v) is 12.2. The molecule has 1 aromatic heterocycles. The Kier molecular flexibility index (Phi) is 10.4. The van der Waals surface area contributed by atoms with E-state index in [4.69, 9.17) is 0 Å². The van der Waals surface area contributed by atoms with Crippen LogP contribution >= 0.6 is 23.5 Å². The molecule has 0 aliphatic carbocycles. The fourth-order valence-electron chi connectivity index (χ4n) is 2.81. The first-order chi connectivity index (χ1) is 16.5. The van der Waals surface area contributed by atoms with Gasteiger partial charge in [0.15, 0.2) is 0 Å². The van der Waals surface area contributed by atoms with Crippen molar-refractivity contribution in [3.63, 3.8) is 0 Å². The zero-order valence-corrected chi connectivity index (χ0v) is 21.1. The Labute approximate surface area is 209 Å². The molecule has 4 rings (SSSR count). The minimum Gasteiger partial charge on any atom is -0.354 e. The fraction of sp³-hybridized carbons (Fsp3) is 0.115. The summed E-state index contributed by atoms with van der Waals surface area (Å²) in [7, 11) is 0. The van der Waals surface area contributed by atoms with E-state index in [1.165, 1.54) is 28.9 Å². The van der Waals surface area contributed by atoms with E-state index in [1.54, 1.807) is 17.8 Å². The van der Waals surface area contributed by atoms with Crippen LogP contribution in [0.4, 0.5) is 17.2 Å². The molecule has 1 aromatic carbocycles. The number of thioether (sulfide) groups is 2. The number of nitro groups is 1. The molecule has 0 unspecified atom stereocenters. The van der Waals surface area contributed by atoms with Crippen molar-refractivity contribution in [1.29, 1.82) is 0 Å². The second-order valence-electron chi connectivity index (χ2n) is 6.50. The normalized spacial score (nSPS) is 13.6. The van der Waals surface area contributed by atoms with Gasteiger partial charge in [0, 0.05) is 26.5 Å². The van der Waals surface area contributed by atoms with Gasteiger partial charge >= 0.3 is 0 Å². The molecule has 0 saturated carbocycles. The number of nitrogens with zero attached hydrogens (tertiary/aromatic N) is 2. The topological polar surface area (TPSA) is 80.1 Å². The van der Waals surface area contributed by atoms with Crippen LogP contribution < -0.4 is 10.6 Å². The smallest absolute Gasteiger partial charge is 0.288 e. The van der Waals surface area contributed by atoms with E-state index in [0.29, 0.717) is 5.82 Å². The molecule has 2 aliphatic rings. The van der Waals surface area contributed by atoms with E-state index in [-0.39, 0.29) is 5.69 Å². The molecule has 2 aromatic rings. The van der Waals surface area contributed by atoms with Crippen molar-refractivity contribution in [3.8, 4) is 0 Å². The summed E-state index contributed by atoms with van der Waals surface area (Å²) in [4.78, 5) is 18.4. The fourth-order valence-corrected chi connectivity index (χ4v) is 4.69. The minimum atomic E-state index is -0.444. The highest BCUT2D eigenvalue weighted by Gasteiger charge is 2.19. The van der Waals surface area contributed by atoms with E-state index in [9.17, 15) is 10.1 Å². The molecule has 8 heteroatoms. The second kappa shape index (κ2) is 13.3. The van der Waals surface area contributed by atoms with Gasteiger partial charge in [-0.1, -0.05) is 87.5 Å². The van der Waals surface area contributed by atoms with Crippen LogP contribution in [0.25, 0.3) is 0 Å². The number of benzene rings is 1. The Bertz CT molecular complexity index is 1140. The van der Waals surface area contributed by atoms with Crippen molar-refractivity contribution in [2.75, 3.05) is 10.6 Å². The van der Waals surface area contributed by atoms with E-state index >= 15 is 0 Å². The summed E-state index contributed by atoms with van der Waals surface area (Å²) in [6, 6.07) is 9.73. The summed E-state index contributed by atoms with van der Waals surface area (Å²) < 4.78 is 0. The number of allylic oxidation sites excluding steroid dienone is 6. The number of pyridine rings is 1. The van der Waals surface area contributed by atoms with E-state index in [0.717, 1.165) is 31.8 Å². The lowest BCUT2D eigenvalue weighted by molar-refractivity contribution is -0.385. The number of nitrogens with one attached hydrogen (secondary N) is 2. The predicted octanol–water partition coefficient (Wildman–Crippen LogP) is 8.30. The average Bonchev–Trinajstić information content (AvgIpc) is 2.87. The number of para-hydroxylation sites is 1. The Morgan fingerprint density at radius 1 is 1.03 bits per heavy atom. The number of aromatic nitrogens is 1. The van der Waals surface area contributed by atoms with Gasteiger partial charge < -0.3 is 10.6 Å². The van der Waals surface area contributed by atoms with Gasteiger partial charge in [-0.3, -0.25) is 10.1 Å². The van der Waals surface area contributed by atoms with Crippen molar-refractivity contribution < 1.29 is 4.92 Å². The van der Waals surface area contributed by atoms with Gasteiger partial charge in [0.05, 0.1) is 21.2 Å². The first kappa shape index (κ1) is 26.8. The molecule has 2 N–H and O–H groups in total. The lowest BCUT2D eigenvalue weighted by Gasteiger charge is -2.20. The molecule has 0 atom stereocenters. The van der Waals surface area contributed by atoms with E-state index in [1.807, 2.05) is 57.2 Å². The molecular formula is C26H28N4O2S2.